The lowest BCUT2D eigenvalue weighted by Crippen LogP contribution is -2.53. The molecule has 1 aliphatic carbocycles. The SMILES string of the molecule is CCc1[nH]nc(C(=O)NC2(CC)CCC2)c1N. The molecular weight excluding hydrogens is 216 g/mol. The van der Waals surface area contributed by atoms with Crippen LogP contribution < -0.4 is 11.1 Å². The van der Waals surface area contributed by atoms with Crippen molar-refractivity contribution in [3.8, 4) is 0 Å². The fraction of sp³-hybridized carbons (Fsp3) is 0.667. The van der Waals surface area contributed by atoms with E-state index in [1.807, 2.05) is 6.92 Å². The average molecular weight is 236 g/mol. The van der Waals surface area contributed by atoms with E-state index in [9.17, 15) is 4.79 Å². The molecule has 5 nitrogen and oxygen atoms in total. The molecule has 0 spiro atoms. The Morgan fingerprint density at radius 2 is 2.24 bits per heavy atom. The summed E-state index contributed by atoms with van der Waals surface area (Å²) in [5, 5.41) is 9.88. The van der Waals surface area contributed by atoms with E-state index in [1.54, 1.807) is 0 Å². The molecule has 5 heteroatoms. The number of amides is 1. The zero-order valence-corrected chi connectivity index (χ0v) is 10.5. The number of hydrogen-bond acceptors (Lipinski definition) is 3. The van der Waals surface area contributed by atoms with Gasteiger partial charge in [0.05, 0.1) is 11.4 Å². The quantitative estimate of drug-likeness (QED) is 0.742. The largest absolute Gasteiger partial charge is 0.395 e. The van der Waals surface area contributed by atoms with Crippen LogP contribution in [0.15, 0.2) is 0 Å². The van der Waals surface area contributed by atoms with Gasteiger partial charge < -0.3 is 11.1 Å². The second-order valence-electron chi connectivity index (χ2n) is 4.76. The number of nitrogens with two attached hydrogens (primary N) is 1. The van der Waals surface area contributed by atoms with E-state index in [1.165, 1.54) is 6.42 Å². The van der Waals surface area contributed by atoms with Crippen molar-refractivity contribution in [3.05, 3.63) is 11.4 Å². The maximum atomic E-state index is 12.1. The Hall–Kier alpha value is -1.52. The number of aromatic nitrogens is 2. The maximum absolute atomic E-state index is 12.1. The lowest BCUT2D eigenvalue weighted by atomic mass is 9.75. The number of H-pyrrole nitrogens is 1. The number of anilines is 1. The highest BCUT2D eigenvalue weighted by atomic mass is 16.2. The summed E-state index contributed by atoms with van der Waals surface area (Å²) in [6.07, 6.45) is 5.01. The van der Waals surface area contributed by atoms with Gasteiger partial charge in [-0.3, -0.25) is 9.89 Å². The standard InChI is InChI=1S/C12H20N4O/c1-3-8-9(13)10(16-15-8)11(17)14-12(4-2)6-5-7-12/h3-7,13H2,1-2H3,(H,14,17)(H,15,16). The molecule has 94 valence electrons. The van der Waals surface area contributed by atoms with Gasteiger partial charge in [0.15, 0.2) is 5.69 Å². The highest BCUT2D eigenvalue weighted by Gasteiger charge is 2.37. The van der Waals surface area contributed by atoms with E-state index in [2.05, 4.69) is 22.4 Å². The number of aromatic amines is 1. The minimum absolute atomic E-state index is 0.0190. The summed E-state index contributed by atoms with van der Waals surface area (Å²) in [6, 6.07) is 0. The molecule has 0 aliphatic heterocycles. The summed E-state index contributed by atoms with van der Waals surface area (Å²) in [7, 11) is 0. The monoisotopic (exact) mass is 236 g/mol. The third-order valence-electron chi connectivity index (χ3n) is 3.82. The minimum atomic E-state index is -0.153. The number of aryl methyl sites for hydroxylation is 1. The molecule has 0 atom stereocenters. The van der Waals surface area contributed by atoms with Gasteiger partial charge in [-0.25, -0.2) is 0 Å². The van der Waals surface area contributed by atoms with Gasteiger partial charge in [-0.2, -0.15) is 5.10 Å². The molecule has 0 bridgehead atoms. The van der Waals surface area contributed by atoms with Gasteiger partial charge in [0.1, 0.15) is 0 Å². The maximum Gasteiger partial charge on any atom is 0.274 e. The highest BCUT2D eigenvalue weighted by Crippen LogP contribution is 2.35. The van der Waals surface area contributed by atoms with E-state index in [0.717, 1.165) is 31.4 Å². The number of carbonyl (C=O) groups excluding carboxylic acids is 1. The second kappa shape index (κ2) is 4.39. The molecule has 1 aromatic heterocycles. The molecule has 1 aromatic rings. The first-order chi connectivity index (χ1) is 8.12. The van der Waals surface area contributed by atoms with Crippen LogP contribution in [0.3, 0.4) is 0 Å². The Balaban J connectivity index is 2.11. The fourth-order valence-electron chi connectivity index (χ4n) is 2.30. The van der Waals surface area contributed by atoms with E-state index in [-0.39, 0.29) is 11.4 Å². The van der Waals surface area contributed by atoms with Crippen LogP contribution in [0, 0.1) is 0 Å². The summed E-state index contributed by atoms with van der Waals surface area (Å²) >= 11 is 0. The summed E-state index contributed by atoms with van der Waals surface area (Å²) in [4.78, 5) is 12.1. The van der Waals surface area contributed by atoms with Crippen molar-refractivity contribution in [2.45, 2.75) is 51.5 Å². The number of nitrogen functional groups attached to an aromatic ring is 1. The summed E-state index contributed by atoms with van der Waals surface area (Å²) in [5.41, 5.74) is 7.51. The van der Waals surface area contributed by atoms with Gasteiger partial charge in [0.25, 0.3) is 5.91 Å². The topological polar surface area (TPSA) is 83.8 Å². The Kier molecular flexibility index (Phi) is 3.09. The van der Waals surface area contributed by atoms with Crippen molar-refractivity contribution in [2.24, 2.45) is 0 Å². The van der Waals surface area contributed by atoms with Crippen molar-refractivity contribution in [3.63, 3.8) is 0 Å². The highest BCUT2D eigenvalue weighted by molar-refractivity contribution is 5.98. The van der Waals surface area contributed by atoms with Crippen molar-refractivity contribution in [1.29, 1.82) is 0 Å². The number of nitrogens with zero attached hydrogens (tertiary/aromatic N) is 1. The van der Waals surface area contributed by atoms with Crippen LogP contribution in [0.4, 0.5) is 5.69 Å². The van der Waals surface area contributed by atoms with Crippen molar-refractivity contribution in [2.75, 3.05) is 5.73 Å². The molecule has 1 aliphatic rings. The van der Waals surface area contributed by atoms with Crippen LogP contribution in [-0.2, 0) is 6.42 Å². The van der Waals surface area contributed by atoms with Crippen LogP contribution in [0.5, 0.6) is 0 Å². The lowest BCUT2D eigenvalue weighted by Gasteiger charge is -2.41. The summed E-state index contributed by atoms with van der Waals surface area (Å²) in [5.74, 6) is -0.153. The molecule has 0 saturated heterocycles. The number of rotatable bonds is 4. The zero-order chi connectivity index (χ0) is 12.5. The molecule has 1 amide bonds. The molecule has 1 fully saturated rings. The first kappa shape index (κ1) is 12.0. The molecule has 1 heterocycles. The number of carbonyl (C=O) groups is 1. The lowest BCUT2D eigenvalue weighted by molar-refractivity contribution is 0.0816. The van der Waals surface area contributed by atoms with Gasteiger partial charge in [-0.15, -0.1) is 0 Å². The van der Waals surface area contributed by atoms with E-state index in [4.69, 9.17) is 5.73 Å². The van der Waals surface area contributed by atoms with E-state index < -0.39 is 0 Å². The third-order valence-corrected chi connectivity index (χ3v) is 3.82. The van der Waals surface area contributed by atoms with Gasteiger partial charge in [-0.05, 0) is 32.1 Å². The predicted molar refractivity (Wildman–Crippen MR) is 66.7 cm³/mol. The summed E-state index contributed by atoms with van der Waals surface area (Å²) in [6.45, 7) is 4.08. The Morgan fingerprint density at radius 1 is 1.53 bits per heavy atom. The Bertz CT molecular complexity index is 415. The molecule has 4 N–H and O–H groups in total. The van der Waals surface area contributed by atoms with Crippen molar-refractivity contribution in [1.82, 2.24) is 15.5 Å². The molecule has 0 radical (unpaired) electrons. The first-order valence-corrected chi connectivity index (χ1v) is 6.27. The van der Waals surface area contributed by atoms with Crippen LogP contribution in [0.1, 0.15) is 55.7 Å². The molecule has 0 aromatic carbocycles. The average Bonchev–Trinajstić information content (AvgIpc) is 2.64. The van der Waals surface area contributed by atoms with E-state index >= 15 is 0 Å². The van der Waals surface area contributed by atoms with Gasteiger partial charge in [0.2, 0.25) is 0 Å². The molecule has 17 heavy (non-hydrogen) atoms. The number of hydrogen-bond donors (Lipinski definition) is 3. The molecule has 1 saturated carbocycles. The summed E-state index contributed by atoms with van der Waals surface area (Å²) < 4.78 is 0. The number of nitrogens with one attached hydrogen (secondary N) is 2. The second-order valence-corrected chi connectivity index (χ2v) is 4.76. The van der Waals surface area contributed by atoms with Gasteiger partial charge in [-0.1, -0.05) is 13.8 Å². The van der Waals surface area contributed by atoms with Crippen LogP contribution in [0.25, 0.3) is 0 Å². The fourth-order valence-corrected chi connectivity index (χ4v) is 2.30. The molecular formula is C12H20N4O. The van der Waals surface area contributed by atoms with Crippen LogP contribution in [-0.4, -0.2) is 21.6 Å². The van der Waals surface area contributed by atoms with Gasteiger partial charge >= 0.3 is 0 Å². The third kappa shape index (κ3) is 2.01. The smallest absolute Gasteiger partial charge is 0.274 e. The normalized spacial score (nSPS) is 17.5. The zero-order valence-electron chi connectivity index (χ0n) is 10.5. The van der Waals surface area contributed by atoms with E-state index in [0.29, 0.717) is 11.4 Å². The Morgan fingerprint density at radius 3 is 2.65 bits per heavy atom. The van der Waals surface area contributed by atoms with Crippen LogP contribution in [0.2, 0.25) is 0 Å². The van der Waals surface area contributed by atoms with Crippen molar-refractivity contribution < 1.29 is 4.79 Å². The van der Waals surface area contributed by atoms with Crippen molar-refractivity contribution >= 4 is 11.6 Å². The predicted octanol–water partition coefficient (Wildman–Crippen LogP) is 1.62. The first-order valence-electron chi connectivity index (χ1n) is 6.27. The minimum Gasteiger partial charge on any atom is -0.395 e. The van der Waals surface area contributed by atoms with Gasteiger partial charge in [0, 0.05) is 5.54 Å². The molecule has 0 unspecified atom stereocenters. The Labute approximate surface area is 101 Å². The molecule has 2 rings (SSSR count). The van der Waals surface area contributed by atoms with Crippen LogP contribution >= 0.6 is 0 Å².